The van der Waals surface area contributed by atoms with Gasteiger partial charge < -0.3 is 33.3 Å². The van der Waals surface area contributed by atoms with Gasteiger partial charge in [-0.2, -0.15) is 0 Å². The first-order chi connectivity index (χ1) is 27.9. The number of unbranched alkanes of at least 4 members (excludes halogenated alkanes) is 2. The summed E-state index contributed by atoms with van der Waals surface area (Å²) in [7, 11) is -2.82. The van der Waals surface area contributed by atoms with Gasteiger partial charge in [0.15, 0.2) is 29.8 Å². The van der Waals surface area contributed by atoms with E-state index in [1.54, 1.807) is 42.5 Å². The van der Waals surface area contributed by atoms with Crippen molar-refractivity contribution in [2.75, 3.05) is 13.2 Å². The van der Waals surface area contributed by atoms with Gasteiger partial charge in [0.2, 0.25) is 5.75 Å². The van der Waals surface area contributed by atoms with Gasteiger partial charge in [-0.05, 0) is 56.4 Å². The predicted octanol–water partition coefficient (Wildman–Crippen LogP) is 5.43. The minimum atomic E-state index is -2.82. The Morgan fingerprint density at radius 3 is 2.21 bits per heavy atom. The molecule has 16 nitrogen and oxygen atoms in total. The van der Waals surface area contributed by atoms with Crippen LogP contribution in [0.25, 0.3) is 0 Å². The van der Waals surface area contributed by atoms with Crippen LogP contribution in [-0.4, -0.2) is 64.8 Å². The van der Waals surface area contributed by atoms with Crippen molar-refractivity contribution in [2.45, 2.75) is 82.9 Å². The zero-order valence-corrected chi connectivity index (χ0v) is 32.6. The summed E-state index contributed by atoms with van der Waals surface area (Å²) in [4.78, 5) is 76.5. The Bertz CT molecular complexity index is 2130. The van der Waals surface area contributed by atoms with Crippen LogP contribution < -0.4 is 25.4 Å². The lowest BCUT2D eigenvalue weighted by atomic mass is 9.98. The van der Waals surface area contributed by atoms with E-state index in [0.29, 0.717) is 24.8 Å². The molecule has 0 radical (unpaired) electrons. The molecule has 1 saturated heterocycles. The van der Waals surface area contributed by atoms with Crippen LogP contribution in [0.5, 0.6) is 11.5 Å². The van der Waals surface area contributed by atoms with E-state index in [-0.39, 0.29) is 43.7 Å². The molecule has 0 spiro atoms. The molecule has 0 saturated carbocycles. The molecule has 1 aliphatic heterocycles. The molecule has 1 aromatic heterocycles. The minimum absolute atomic E-state index is 0.0134. The van der Waals surface area contributed by atoms with E-state index in [1.165, 1.54) is 19.1 Å². The molecule has 1 fully saturated rings. The van der Waals surface area contributed by atoms with Crippen LogP contribution >= 0.6 is 8.17 Å². The summed E-state index contributed by atoms with van der Waals surface area (Å²) >= 11 is 0. The van der Waals surface area contributed by atoms with Gasteiger partial charge in [0.05, 0.1) is 6.61 Å². The van der Waals surface area contributed by atoms with Crippen molar-refractivity contribution in [3.8, 4) is 11.5 Å². The summed E-state index contributed by atoms with van der Waals surface area (Å²) in [6.45, 7) is 2.09. The monoisotopic (exact) mass is 823 g/mol. The highest BCUT2D eigenvalue weighted by Crippen LogP contribution is 2.43. The first kappa shape index (κ1) is 43.2. The second-order valence-corrected chi connectivity index (χ2v) is 14.2. The molecule has 2 heterocycles. The first-order valence-corrected chi connectivity index (χ1v) is 19.5. The Morgan fingerprint density at radius 1 is 0.897 bits per heavy atom. The number of hydrogen-bond acceptors (Lipinski definition) is 14. The zero-order valence-electron chi connectivity index (χ0n) is 31.7. The van der Waals surface area contributed by atoms with E-state index in [1.807, 2.05) is 35.3 Å². The number of esters is 2. The normalized spacial score (nSPS) is 19.4. The quantitative estimate of drug-likeness (QED) is 0.0543. The van der Waals surface area contributed by atoms with Gasteiger partial charge in [-0.3, -0.25) is 23.7 Å². The number of nitrogens with zero attached hydrogens (tertiary/aromatic N) is 2. The molecule has 1 aliphatic rings. The Labute approximate surface area is 333 Å². The predicted molar refractivity (Wildman–Crippen MR) is 203 cm³/mol. The van der Waals surface area contributed by atoms with Gasteiger partial charge in [0.25, 0.3) is 5.56 Å². The van der Waals surface area contributed by atoms with Crippen molar-refractivity contribution in [3.05, 3.63) is 129 Å². The zero-order chi connectivity index (χ0) is 41.5. The maximum atomic E-state index is 16.6. The molecule has 1 unspecified atom stereocenters. The summed E-state index contributed by atoms with van der Waals surface area (Å²) in [6, 6.07) is 23.9. The molecule has 18 heteroatoms. The van der Waals surface area contributed by atoms with Crippen molar-refractivity contribution >= 4 is 26.3 Å². The molecular weight excluding hydrogens is 780 g/mol. The SMILES string of the molecule is C[C@H](N=[P+]([O-])Oc1ccccc1OC[C@H]1O[C@@H](n2ccc(=O)[nH]c2=O)[C@](C)(F)[C@@H]1OC(=O)OCc1ccccc1)C(=O)OCCCCCC(=O)OCc1ccccc1. The van der Waals surface area contributed by atoms with Crippen molar-refractivity contribution in [1.82, 2.24) is 9.55 Å². The van der Waals surface area contributed by atoms with Crippen molar-refractivity contribution < 1.29 is 56.6 Å². The fourth-order valence-corrected chi connectivity index (χ4v) is 6.50. The van der Waals surface area contributed by atoms with Crippen LogP contribution in [0, 0.1) is 0 Å². The highest BCUT2D eigenvalue weighted by molar-refractivity contribution is 7.34. The number of hydrogen-bond donors (Lipinski definition) is 1. The van der Waals surface area contributed by atoms with Gasteiger partial charge in [-0.1, -0.05) is 77.5 Å². The molecule has 4 aromatic rings. The summed E-state index contributed by atoms with van der Waals surface area (Å²) in [5.74, 6) is -1.08. The number of alkyl halides is 1. The van der Waals surface area contributed by atoms with Crippen LogP contribution in [0.3, 0.4) is 0 Å². The molecule has 308 valence electrons. The number of nitrogens with one attached hydrogen (secondary N) is 1. The highest BCUT2D eigenvalue weighted by atomic mass is 31.1. The van der Waals surface area contributed by atoms with Crippen molar-refractivity contribution in [2.24, 2.45) is 4.74 Å². The Balaban J connectivity index is 1.14. The second-order valence-electron chi connectivity index (χ2n) is 13.3. The number of ether oxygens (including phenoxy) is 6. The van der Waals surface area contributed by atoms with E-state index >= 15 is 4.39 Å². The molecule has 6 atom stereocenters. The Kier molecular flexibility index (Phi) is 15.7. The third kappa shape index (κ3) is 12.6. The molecule has 5 rings (SSSR count). The lowest BCUT2D eigenvalue weighted by Gasteiger charge is -2.27. The summed E-state index contributed by atoms with van der Waals surface area (Å²) in [5.41, 5.74) is -2.69. The molecule has 58 heavy (non-hydrogen) atoms. The third-order valence-corrected chi connectivity index (χ3v) is 9.64. The highest BCUT2D eigenvalue weighted by Gasteiger charge is 2.58. The third-order valence-electron chi connectivity index (χ3n) is 8.76. The molecular formula is C40H43FN3O13P. The van der Waals surface area contributed by atoms with Crippen LogP contribution in [0.4, 0.5) is 9.18 Å². The standard InChI is InChI=1S/C40H43FN3O13P/c1-27(36(47)51-23-13-5-10-20-34(46)53-24-28-14-6-3-7-15-28)43-58(50)57-31-19-12-11-18-30(31)52-26-32-35(56-39(49)54-25-29-16-8-4-9-17-29)40(2,41)37(55-32)44-22-21-33(45)42-38(44)48/h3-4,6-9,11-12,14-19,21-22,27,32,35,37H,5,10,13,20,23-26H2,1-2H3,(H,42,45,48)/t27-,32+,35+,37+,40+/m0/s1. The van der Waals surface area contributed by atoms with Crippen LogP contribution in [0.1, 0.15) is 56.9 Å². The Hall–Kier alpha value is -5.90. The maximum absolute atomic E-state index is 16.6. The minimum Gasteiger partial charge on any atom is -0.575 e. The lowest BCUT2D eigenvalue weighted by Crippen LogP contribution is -2.46. The van der Waals surface area contributed by atoms with Crippen LogP contribution in [-0.2, 0) is 46.5 Å². The molecule has 0 amide bonds. The lowest BCUT2D eigenvalue weighted by molar-refractivity contribution is -0.169. The number of carbonyl (C=O) groups is 3. The molecule has 3 aromatic carbocycles. The van der Waals surface area contributed by atoms with E-state index < -0.39 is 68.3 Å². The number of aromatic amines is 1. The van der Waals surface area contributed by atoms with E-state index in [2.05, 4.69) is 4.74 Å². The number of aromatic nitrogens is 2. The smallest absolute Gasteiger partial charge is 0.509 e. The number of H-pyrrole nitrogens is 1. The summed E-state index contributed by atoms with van der Waals surface area (Å²) in [5, 5.41) is 0. The van der Waals surface area contributed by atoms with Gasteiger partial charge >= 0.3 is 32.0 Å². The van der Waals surface area contributed by atoms with Crippen molar-refractivity contribution in [3.63, 3.8) is 0 Å². The fourth-order valence-electron chi connectivity index (χ4n) is 5.76. The largest absolute Gasteiger partial charge is 0.575 e. The number of rotatable bonds is 19. The number of benzene rings is 3. The van der Waals surface area contributed by atoms with E-state index in [0.717, 1.165) is 29.3 Å². The second kappa shape index (κ2) is 21.0. The van der Waals surface area contributed by atoms with Gasteiger partial charge in [0.1, 0.15) is 25.9 Å². The van der Waals surface area contributed by atoms with Crippen LogP contribution in [0.2, 0.25) is 0 Å². The van der Waals surface area contributed by atoms with Gasteiger partial charge in [-0.25, -0.2) is 18.8 Å². The van der Waals surface area contributed by atoms with E-state index in [4.69, 9.17) is 32.9 Å². The molecule has 0 bridgehead atoms. The number of carbonyl (C=O) groups excluding carboxylic acids is 3. The van der Waals surface area contributed by atoms with Gasteiger partial charge in [0, 0.05) is 18.7 Å². The topological polar surface area (TPSA) is 206 Å². The maximum Gasteiger partial charge on any atom is 0.509 e. The Morgan fingerprint density at radius 2 is 1.53 bits per heavy atom. The van der Waals surface area contributed by atoms with Crippen molar-refractivity contribution in [1.29, 1.82) is 0 Å². The first-order valence-electron chi connectivity index (χ1n) is 18.4. The average Bonchev–Trinajstić information content (AvgIpc) is 3.45. The number of halogens is 1. The fraction of sp³-hybridized carbons (Fsp3) is 0.375. The number of para-hydroxylation sites is 2. The van der Waals surface area contributed by atoms with Crippen LogP contribution in [0.15, 0.2) is 112 Å². The van der Waals surface area contributed by atoms with E-state index in [9.17, 15) is 28.9 Å². The van der Waals surface area contributed by atoms with Gasteiger partial charge in [-0.15, -0.1) is 0 Å². The summed E-state index contributed by atoms with van der Waals surface area (Å²) in [6.07, 6.45) is -2.99. The summed E-state index contributed by atoms with van der Waals surface area (Å²) < 4.78 is 59.7. The molecule has 0 aliphatic carbocycles. The molecule has 1 N–H and O–H groups in total. The average molecular weight is 824 g/mol.